The summed E-state index contributed by atoms with van der Waals surface area (Å²) in [7, 11) is 0. The van der Waals surface area contributed by atoms with Gasteiger partial charge in [0.05, 0.1) is 24.5 Å². The lowest BCUT2D eigenvalue weighted by molar-refractivity contribution is 0.0955. The van der Waals surface area contributed by atoms with Gasteiger partial charge >= 0.3 is 0 Å². The number of hydrazone groups is 1. The van der Waals surface area contributed by atoms with Crippen LogP contribution in [0.3, 0.4) is 0 Å². The Hall–Kier alpha value is -2.89. The lowest BCUT2D eigenvalue weighted by Crippen LogP contribution is -2.17. The number of amides is 1. The predicted molar refractivity (Wildman–Crippen MR) is 92.7 cm³/mol. The zero-order valence-corrected chi connectivity index (χ0v) is 14.0. The fourth-order valence-electron chi connectivity index (χ4n) is 1.95. The van der Waals surface area contributed by atoms with E-state index in [1.165, 1.54) is 6.20 Å². The number of aromatic nitrogens is 1. The summed E-state index contributed by atoms with van der Waals surface area (Å²) in [5, 5.41) is 3.96. The number of carbonyl (C=O) groups excluding carboxylic acids is 1. The zero-order valence-electron chi connectivity index (χ0n) is 14.0. The summed E-state index contributed by atoms with van der Waals surface area (Å²) in [5.74, 6) is 1.02. The van der Waals surface area contributed by atoms with Crippen LogP contribution in [0.2, 0.25) is 0 Å². The van der Waals surface area contributed by atoms with Crippen molar-refractivity contribution in [1.29, 1.82) is 0 Å². The molecule has 1 heterocycles. The summed E-state index contributed by atoms with van der Waals surface area (Å²) in [4.78, 5) is 15.8. The molecule has 0 saturated heterocycles. The smallest absolute Gasteiger partial charge is 0.272 e. The Bertz CT molecular complexity index is 700. The molecule has 1 aromatic heterocycles. The largest absolute Gasteiger partial charge is 0.490 e. The van der Waals surface area contributed by atoms with Gasteiger partial charge in [-0.2, -0.15) is 5.10 Å². The second kappa shape index (κ2) is 8.67. The van der Waals surface area contributed by atoms with Crippen molar-refractivity contribution in [3.63, 3.8) is 0 Å². The predicted octanol–water partition coefficient (Wildman–Crippen LogP) is 3.03. The molecular weight excluding hydrogens is 306 g/mol. The number of rotatable bonds is 7. The summed E-state index contributed by atoms with van der Waals surface area (Å²) < 4.78 is 11.3. The van der Waals surface area contributed by atoms with Gasteiger partial charge in [-0.25, -0.2) is 5.43 Å². The molecule has 24 heavy (non-hydrogen) atoms. The molecule has 0 saturated carbocycles. The number of nitrogens with zero attached hydrogens (tertiary/aromatic N) is 2. The van der Waals surface area contributed by atoms with Gasteiger partial charge in [-0.1, -0.05) is 0 Å². The maximum atomic E-state index is 11.9. The van der Waals surface area contributed by atoms with E-state index in [9.17, 15) is 4.79 Å². The minimum Gasteiger partial charge on any atom is -0.490 e. The van der Waals surface area contributed by atoms with E-state index < -0.39 is 0 Å². The van der Waals surface area contributed by atoms with E-state index >= 15 is 0 Å². The van der Waals surface area contributed by atoms with Crippen LogP contribution in [0.1, 0.15) is 36.7 Å². The third kappa shape index (κ3) is 5.08. The van der Waals surface area contributed by atoms with E-state index in [0.717, 1.165) is 5.56 Å². The van der Waals surface area contributed by atoms with Crippen molar-refractivity contribution in [2.45, 2.75) is 26.9 Å². The minimum absolute atomic E-state index is 0.0579. The standard InChI is InChI=1S/C18H21N3O3/c1-4-23-17-10-14(7-8-16(17)24-13(2)3)11-20-21-18(22)15-6-5-9-19-12-15/h5-13H,4H2,1-3H3,(H,21,22)/b20-11-. The molecule has 126 valence electrons. The summed E-state index contributed by atoms with van der Waals surface area (Å²) in [5.41, 5.74) is 3.71. The third-order valence-corrected chi connectivity index (χ3v) is 2.93. The van der Waals surface area contributed by atoms with Crippen molar-refractivity contribution in [2.75, 3.05) is 6.61 Å². The first-order chi connectivity index (χ1) is 11.6. The van der Waals surface area contributed by atoms with Crippen molar-refractivity contribution < 1.29 is 14.3 Å². The molecule has 0 atom stereocenters. The van der Waals surface area contributed by atoms with E-state index in [4.69, 9.17) is 9.47 Å². The molecule has 0 radical (unpaired) electrons. The molecule has 0 aliphatic carbocycles. The highest BCUT2D eigenvalue weighted by Crippen LogP contribution is 2.28. The Morgan fingerprint density at radius 3 is 2.83 bits per heavy atom. The van der Waals surface area contributed by atoms with Crippen molar-refractivity contribution >= 4 is 12.1 Å². The van der Waals surface area contributed by atoms with Crippen molar-refractivity contribution in [1.82, 2.24) is 10.4 Å². The number of carbonyl (C=O) groups is 1. The number of pyridine rings is 1. The quantitative estimate of drug-likeness (QED) is 0.627. The van der Waals surface area contributed by atoms with Crippen molar-refractivity contribution in [3.8, 4) is 11.5 Å². The van der Waals surface area contributed by atoms with Crippen LogP contribution in [0.25, 0.3) is 0 Å². The number of nitrogens with one attached hydrogen (secondary N) is 1. The monoisotopic (exact) mass is 327 g/mol. The van der Waals surface area contributed by atoms with E-state index in [0.29, 0.717) is 23.7 Å². The lowest BCUT2D eigenvalue weighted by atomic mass is 10.2. The maximum absolute atomic E-state index is 11.9. The maximum Gasteiger partial charge on any atom is 0.272 e. The Balaban J connectivity index is 2.06. The van der Waals surface area contributed by atoms with Crippen LogP contribution in [0, 0.1) is 0 Å². The first-order valence-electron chi connectivity index (χ1n) is 7.77. The number of hydrogen-bond donors (Lipinski definition) is 1. The van der Waals surface area contributed by atoms with E-state index in [-0.39, 0.29) is 12.0 Å². The number of hydrogen-bond acceptors (Lipinski definition) is 5. The average Bonchev–Trinajstić information content (AvgIpc) is 2.57. The van der Waals surface area contributed by atoms with Crippen LogP contribution in [-0.2, 0) is 0 Å². The van der Waals surface area contributed by atoms with Crippen molar-refractivity contribution in [3.05, 3.63) is 53.9 Å². The number of ether oxygens (including phenoxy) is 2. The van der Waals surface area contributed by atoms with Crippen LogP contribution in [0.5, 0.6) is 11.5 Å². The van der Waals surface area contributed by atoms with E-state index in [1.54, 1.807) is 24.5 Å². The fraction of sp³-hybridized carbons (Fsp3) is 0.278. The van der Waals surface area contributed by atoms with Crippen LogP contribution >= 0.6 is 0 Å². The van der Waals surface area contributed by atoms with Crippen LogP contribution in [0.4, 0.5) is 0 Å². The van der Waals surface area contributed by atoms with Gasteiger partial charge in [-0.05, 0) is 56.7 Å². The van der Waals surface area contributed by atoms with Gasteiger partial charge in [-0.15, -0.1) is 0 Å². The SMILES string of the molecule is CCOc1cc(/C=N\NC(=O)c2cccnc2)ccc1OC(C)C. The Kier molecular flexibility index (Phi) is 6.31. The van der Waals surface area contributed by atoms with Gasteiger partial charge in [0, 0.05) is 12.4 Å². The molecule has 2 rings (SSSR count). The summed E-state index contributed by atoms with van der Waals surface area (Å²) in [6, 6.07) is 8.86. The van der Waals surface area contributed by atoms with E-state index in [2.05, 4.69) is 15.5 Å². The Morgan fingerprint density at radius 1 is 1.33 bits per heavy atom. The highest BCUT2D eigenvalue weighted by molar-refractivity contribution is 5.94. The Morgan fingerprint density at radius 2 is 2.17 bits per heavy atom. The zero-order chi connectivity index (χ0) is 17.4. The second-order valence-corrected chi connectivity index (χ2v) is 5.25. The molecule has 6 nitrogen and oxygen atoms in total. The van der Waals surface area contributed by atoms with Gasteiger partial charge in [0.25, 0.3) is 5.91 Å². The summed E-state index contributed by atoms with van der Waals surface area (Å²) in [6.07, 6.45) is 4.70. The average molecular weight is 327 g/mol. The highest BCUT2D eigenvalue weighted by atomic mass is 16.5. The molecule has 1 N–H and O–H groups in total. The van der Waals surface area contributed by atoms with Crippen LogP contribution < -0.4 is 14.9 Å². The second-order valence-electron chi connectivity index (χ2n) is 5.25. The van der Waals surface area contributed by atoms with Gasteiger partial charge < -0.3 is 9.47 Å². The lowest BCUT2D eigenvalue weighted by Gasteiger charge is -2.14. The van der Waals surface area contributed by atoms with Gasteiger partial charge in [-0.3, -0.25) is 9.78 Å². The number of benzene rings is 1. The molecule has 0 aliphatic heterocycles. The summed E-state index contributed by atoms with van der Waals surface area (Å²) in [6.45, 7) is 6.36. The van der Waals surface area contributed by atoms with Gasteiger partial charge in [0.15, 0.2) is 11.5 Å². The van der Waals surface area contributed by atoms with Crippen LogP contribution in [-0.4, -0.2) is 29.8 Å². The molecule has 1 amide bonds. The molecule has 0 bridgehead atoms. The minimum atomic E-state index is -0.316. The van der Waals surface area contributed by atoms with Crippen molar-refractivity contribution in [2.24, 2.45) is 5.10 Å². The van der Waals surface area contributed by atoms with Gasteiger partial charge in [0.1, 0.15) is 0 Å². The highest BCUT2D eigenvalue weighted by Gasteiger charge is 2.08. The summed E-state index contributed by atoms with van der Waals surface area (Å²) >= 11 is 0. The third-order valence-electron chi connectivity index (χ3n) is 2.93. The molecule has 0 fully saturated rings. The molecule has 0 aliphatic rings. The first kappa shape index (κ1) is 17.5. The van der Waals surface area contributed by atoms with Gasteiger partial charge in [0.2, 0.25) is 0 Å². The molecule has 0 unspecified atom stereocenters. The molecule has 1 aromatic carbocycles. The first-order valence-corrected chi connectivity index (χ1v) is 7.77. The topological polar surface area (TPSA) is 72.8 Å². The molecular formula is C18H21N3O3. The van der Waals surface area contributed by atoms with Crippen LogP contribution in [0.15, 0.2) is 47.8 Å². The normalized spacial score (nSPS) is 10.8. The molecule has 6 heteroatoms. The molecule has 0 spiro atoms. The fourth-order valence-corrected chi connectivity index (χ4v) is 1.95. The Labute approximate surface area is 141 Å². The van der Waals surface area contributed by atoms with E-state index in [1.807, 2.05) is 39.0 Å². The molecule has 2 aromatic rings.